The lowest BCUT2D eigenvalue weighted by Gasteiger charge is -2.16. The molecular weight excluding hydrogens is 278 g/mol. The van der Waals surface area contributed by atoms with Crippen molar-refractivity contribution in [3.8, 4) is 0 Å². The largest absolute Gasteiger partial charge is 0.342 e. The van der Waals surface area contributed by atoms with Crippen LogP contribution in [0.25, 0.3) is 0 Å². The van der Waals surface area contributed by atoms with E-state index in [9.17, 15) is 4.79 Å². The van der Waals surface area contributed by atoms with Gasteiger partial charge in [-0.3, -0.25) is 4.79 Å². The van der Waals surface area contributed by atoms with Gasteiger partial charge in [-0.1, -0.05) is 28.8 Å². The van der Waals surface area contributed by atoms with Gasteiger partial charge in [-0.05, 0) is 43.4 Å². The van der Waals surface area contributed by atoms with Gasteiger partial charge in [0.2, 0.25) is 5.91 Å². The van der Waals surface area contributed by atoms with Gasteiger partial charge in [0.05, 0.1) is 0 Å². The van der Waals surface area contributed by atoms with Gasteiger partial charge in [0.15, 0.2) is 0 Å². The minimum atomic E-state index is 0.431. The highest BCUT2D eigenvalue weighted by Gasteiger charge is 2.56. The predicted molar refractivity (Wildman–Crippen MR) is 72.0 cm³/mol. The summed E-state index contributed by atoms with van der Waals surface area (Å²) >= 11 is 3.50. The van der Waals surface area contributed by atoms with Gasteiger partial charge in [0.25, 0.3) is 0 Å². The molecule has 2 saturated carbocycles. The molecule has 1 heterocycles. The van der Waals surface area contributed by atoms with Crippen LogP contribution in [0.15, 0.2) is 0 Å². The molecule has 3 atom stereocenters. The Hall–Kier alpha value is -0.0500. The third-order valence-corrected chi connectivity index (χ3v) is 5.51. The van der Waals surface area contributed by atoms with E-state index >= 15 is 0 Å². The summed E-state index contributed by atoms with van der Waals surface area (Å²) in [6, 6.07) is 0. The van der Waals surface area contributed by atoms with Crippen molar-refractivity contribution in [1.29, 1.82) is 0 Å². The molecule has 0 bridgehead atoms. The maximum Gasteiger partial charge on any atom is 0.226 e. The molecule has 0 aromatic carbocycles. The third-order valence-electron chi connectivity index (χ3n) is 5.06. The average Bonchev–Trinajstić information content (AvgIpc) is 2.89. The highest BCUT2D eigenvalue weighted by molar-refractivity contribution is 9.09. The second-order valence-electron chi connectivity index (χ2n) is 6.05. The summed E-state index contributed by atoms with van der Waals surface area (Å²) in [6.07, 6.45) is 7.80. The van der Waals surface area contributed by atoms with E-state index < -0.39 is 0 Å². The molecule has 0 spiro atoms. The van der Waals surface area contributed by atoms with E-state index in [4.69, 9.17) is 0 Å². The molecule has 3 rings (SSSR count). The highest BCUT2D eigenvalue weighted by atomic mass is 79.9. The van der Waals surface area contributed by atoms with Crippen LogP contribution in [0.2, 0.25) is 0 Å². The molecule has 3 heteroatoms. The molecule has 0 radical (unpaired) electrons. The van der Waals surface area contributed by atoms with Gasteiger partial charge >= 0.3 is 0 Å². The Bertz CT molecular complexity index is 295. The number of likely N-dealkylation sites (tertiary alicyclic amines) is 1. The number of nitrogens with zero attached hydrogens (tertiary/aromatic N) is 1. The fourth-order valence-corrected chi connectivity index (χ4v) is 4.64. The number of halogens is 1. The normalized spacial score (nSPS) is 40.2. The van der Waals surface area contributed by atoms with Crippen LogP contribution >= 0.6 is 15.9 Å². The molecular formula is C14H22BrNO. The Morgan fingerprint density at radius 3 is 2.53 bits per heavy atom. The van der Waals surface area contributed by atoms with Crippen LogP contribution in [0.1, 0.15) is 38.5 Å². The lowest BCUT2D eigenvalue weighted by atomic mass is 10.0. The predicted octanol–water partition coefficient (Wildman–Crippen LogP) is 3.06. The SMILES string of the molecule is O=C(C1C2CCCCC21)N1CCC(CCBr)C1. The zero-order chi connectivity index (χ0) is 11.8. The van der Waals surface area contributed by atoms with E-state index in [2.05, 4.69) is 20.8 Å². The molecule has 1 aliphatic heterocycles. The summed E-state index contributed by atoms with van der Waals surface area (Å²) in [5, 5.41) is 1.08. The maximum absolute atomic E-state index is 12.4. The molecule has 2 aliphatic carbocycles. The van der Waals surface area contributed by atoms with Crippen LogP contribution in [-0.2, 0) is 4.79 Å². The smallest absolute Gasteiger partial charge is 0.226 e. The first-order valence-electron chi connectivity index (χ1n) is 7.16. The van der Waals surface area contributed by atoms with Crippen molar-refractivity contribution in [2.24, 2.45) is 23.7 Å². The number of rotatable bonds is 3. The Morgan fingerprint density at radius 2 is 1.88 bits per heavy atom. The Labute approximate surface area is 112 Å². The van der Waals surface area contributed by atoms with Crippen molar-refractivity contribution in [2.45, 2.75) is 38.5 Å². The fourth-order valence-electron chi connectivity index (χ4n) is 3.99. The quantitative estimate of drug-likeness (QED) is 0.734. The van der Waals surface area contributed by atoms with Crippen molar-refractivity contribution < 1.29 is 4.79 Å². The number of hydrogen-bond donors (Lipinski definition) is 0. The zero-order valence-corrected chi connectivity index (χ0v) is 12.0. The van der Waals surface area contributed by atoms with Gasteiger partial charge in [-0.15, -0.1) is 0 Å². The first kappa shape index (κ1) is 12.0. The molecule has 2 nitrogen and oxygen atoms in total. The summed E-state index contributed by atoms with van der Waals surface area (Å²) in [4.78, 5) is 14.6. The fraction of sp³-hybridized carbons (Fsp3) is 0.929. The molecule has 0 N–H and O–H groups in total. The van der Waals surface area contributed by atoms with Crippen LogP contribution in [0.3, 0.4) is 0 Å². The van der Waals surface area contributed by atoms with Crippen molar-refractivity contribution in [2.75, 3.05) is 18.4 Å². The zero-order valence-electron chi connectivity index (χ0n) is 10.4. The van der Waals surface area contributed by atoms with Crippen molar-refractivity contribution in [3.05, 3.63) is 0 Å². The summed E-state index contributed by atoms with van der Waals surface area (Å²) in [5.41, 5.74) is 0. The number of fused-ring (bicyclic) bond motifs is 1. The van der Waals surface area contributed by atoms with Gasteiger partial charge < -0.3 is 4.90 Å². The highest BCUT2D eigenvalue weighted by Crippen LogP contribution is 2.56. The summed E-state index contributed by atoms with van der Waals surface area (Å²) in [5.74, 6) is 3.22. The van der Waals surface area contributed by atoms with E-state index in [0.29, 0.717) is 11.8 Å². The third kappa shape index (κ3) is 2.27. The van der Waals surface area contributed by atoms with E-state index in [1.807, 2.05) is 0 Å². The number of carbonyl (C=O) groups is 1. The van der Waals surface area contributed by atoms with Crippen molar-refractivity contribution in [1.82, 2.24) is 4.90 Å². The van der Waals surface area contributed by atoms with E-state index in [1.165, 1.54) is 38.5 Å². The van der Waals surface area contributed by atoms with Gasteiger partial charge in [0.1, 0.15) is 0 Å². The molecule has 3 aliphatic rings. The van der Waals surface area contributed by atoms with Crippen LogP contribution in [0.4, 0.5) is 0 Å². The van der Waals surface area contributed by atoms with E-state index in [0.717, 1.165) is 36.2 Å². The molecule has 1 amide bonds. The van der Waals surface area contributed by atoms with Crippen LogP contribution in [-0.4, -0.2) is 29.2 Å². The Morgan fingerprint density at radius 1 is 1.18 bits per heavy atom. The van der Waals surface area contributed by atoms with Crippen LogP contribution in [0.5, 0.6) is 0 Å². The van der Waals surface area contributed by atoms with Gasteiger partial charge in [0, 0.05) is 24.3 Å². The second kappa shape index (κ2) is 4.91. The minimum absolute atomic E-state index is 0.431. The number of hydrogen-bond acceptors (Lipinski definition) is 1. The number of amides is 1. The number of alkyl halides is 1. The van der Waals surface area contributed by atoms with Gasteiger partial charge in [-0.2, -0.15) is 0 Å². The Balaban J connectivity index is 1.54. The monoisotopic (exact) mass is 299 g/mol. The van der Waals surface area contributed by atoms with Gasteiger partial charge in [-0.25, -0.2) is 0 Å². The molecule has 0 aromatic rings. The van der Waals surface area contributed by atoms with Crippen LogP contribution < -0.4 is 0 Å². The number of carbonyl (C=O) groups excluding carboxylic acids is 1. The maximum atomic E-state index is 12.4. The first-order chi connectivity index (χ1) is 8.31. The Kier molecular flexibility index (Phi) is 3.47. The molecule has 17 heavy (non-hydrogen) atoms. The molecule has 1 saturated heterocycles. The summed E-state index contributed by atoms with van der Waals surface area (Å²) in [7, 11) is 0. The molecule has 3 fully saturated rings. The standard InChI is InChI=1S/C14H22BrNO/c15-7-5-10-6-8-16(9-10)14(17)13-11-3-1-2-4-12(11)13/h10-13H,1-9H2. The molecule has 3 unspecified atom stereocenters. The van der Waals surface area contributed by atoms with E-state index in [-0.39, 0.29) is 0 Å². The average molecular weight is 300 g/mol. The lowest BCUT2D eigenvalue weighted by Crippen LogP contribution is -2.31. The minimum Gasteiger partial charge on any atom is -0.342 e. The van der Waals surface area contributed by atoms with Crippen LogP contribution in [0, 0.1) is 23.7 Å². The topological polar surface area (TPSA) is 20.3 Å². The van der Waals surface area contributed by atoms with E-state index in [1.54, 1.807) is 0 Å². The summed E-state index contributed by atoms with van der Waals surface area (Å²) in [6.45, 7) is 2.05. The second-order valence-corrected chi connectivity index (χ2v) is 6.85. The van der Waals surface area contributed by atoms with Crippen molar-refractivity contribution in [3.63, 3.8) is 0 Å². The van der Waals surface area contributed by atoms with Crippen molar-refractivity contribution >= 4 is 21.8 Å². The molecule has 0 aromatic heterocycles. The molecule has 96 valence electrons. The first-order valence-corrected chi connectivity index (χ1v) is 8.28. The lowest BCUT2D eigenvalue weighted by molar-refractivity contribution is -0.132. The summed E-state index contributed by atoms with van der Waals surface area (Å²) < 4.78 is 0.